The minimum Gasteiger partial charge on any atom is -0.379 e. The number of amides is 2. The van der Waals surface area contributed by atoms with Crippen LogP contribution in [0.2, 0.25) is 15.1 Å². The Kier molecular flexibility index (Phi) is 7.66. The van der Waals surface area contributed by atoms with Crippen molar-refractivity contribution in [1.82, 2.24) is 4.90 Å². The molecule has 11 heteroatoms. The number of halogens is 5. The fraction of sp³-hybridized carbons (Fsp3) is 0.364. The van der Waals surface area contributed by atoms with E-state index in [1.54, 1.807) is 36.4 Å². The number of benzene rings is 2. The van der Waals surface area contributed by atoms with Gasteiger partial charge in [-0.1, -0.05) is 34.8 Å². The standard InChI is InChI=1S/C22H20Cl5N3O3/c23-13-7-12(8-14(24)9-13)19-20(22(19,26)27)21(32)28-15-1-2-16(25)17(10-15)29-18(31)11-30-3-5-33-6-4-30/h1-2,7-10,19-20H,3-6,11H2,(H,28,32)(H,29,31). The molecule has 2 fully saturated rings. The summed E-state index contributed by atoms with van der Waals surface area (Å²) in [6.45, 7) is 2.80. The second-order valence-corrected chi connectivity index (χ2v) is 10.7. The van der Waals surface area contributed by atoms with Crippen LogP contribution in [0.25, 0.3) is 0 Å². The monoisotopic (exact) mass is 549 g/mol. The Labute approximate surface area is 216 Å². The number of nitrogens with one attached hydrogen (secondary N) is 2. The van der Waals surface area contributed by atoms with Crippen LogP contribution in [0, 0.1) is 5.92 Å². The first-order valence-corrected chi connectivity index (χ1v) is 12.1. The Morgan fingerprint density at radius 1 is 1.00 bits per heavy atom. The van der Waals surface area contributed by atoms with E-state index in [0.717, 1.165) is 0 Å². The van der Waals surface area contributed by atoms with Gasteiger partial charge in [-0.15, -0.1) is 23.2 Å². The number of anilines is 2. The number of alkyl halides is 2. The largest absolute Gasteiger partial charge is 0.379 e. The summed E-state index contributed by atoms with van der Waals surface area (Å²) in [7, 11) is 0. The molecule has 2 N–H and O–H groups in total. The second kappa shape index (κ2) is 10.2. The Bertz CT molecular complexity index is 1050. The molecule has 1 saturated carbocycles. The van der Waals surface area contributed by atoms with Gasteiger partial charge in [-0.3, -0.25) is 14.5 Å². The van der Waals surface area contributed by atoms with Crippen molar-refractivity contribution in [2.75, 3.05) is 43.5 Å². The maximum absolute atomic E-state index is 12.9. The molecule has 2 atom stereocenters. The molecular weight excluding hydrogens is 532 g/mol. The zero-order valence-corrected chi connectivity index (χ0v) is 21.0. The molecule has 2 unspecified atom stereocenters. The number of rotatable bonds is 6. The van der Waals surface area contributed by atoms with Crippen molar-refractivity contribution >= 4 is 81.2 Å². The molecule has 176 valence electrons. The smallest absolute Gasteiger partial charge is 0.238 e. The van der Waals surface area contributed by atoms with Gasteiger partial charge >= 0.3 is 0 Å². The molecule has 0 spiro atoms. The summed E-state index contributed by atoms with van der Waals surface area (Å²) in [4.78, 5) is 27.4. The number of morpholine rings is 1. The van der Waals surface area contributed by atoms with Crippen LogP contribution in [-0.2, 0) is 14.3 Å². The Hall–Kier alpha value is -1.25. The normalized spacial score (nSPS) is 22.0. The average molecular weight is 552 g/mol. The molecule has 33 heavy (non-hydrogen) atoms. The minimum absolute atomic E-state index is 0.206. The van der Waals surface area contributed by atoms with Crippen molar-refractivity contribution in [3.05, 3.63) is 57.0 Å². The molecule has 2 aromatic carbocycles. The lowest BCUT2D eigenvalue weighted by molar-refractivity contribution is -0.118. The van der Waals surface area contributed by atoms with Gasteiger partial charge in [-0.2, -0.15) is 0 Å². The predicted molar refractivity (Wildman–Crippen MR) is 133 cm³/mol. The van der Waals surface area contributed by atoms with Crippen LogP contribution in [0.15, 0.2) is 36.4 Å². The van der Waals surface area contributed by atoms with Crippen molar-refractivity contribution in [3.63, 3.8) is 0 Å². The zero-order chi connectivity index (χ0) is 23.8. The first kappa shape index (κ1) is 24.9. The van der Waals surface area contributed by atoms with Crippen LogP contribution in [0.1, 0.15) is 11.5 Å². The van der Waals surface area contributed by atoms with Crippen LogP contribution in [-0.4, -0.2) is 53.9 Å². The molecular formula is C22H20Cl5N3O3. The summed E-state index contributed by atoms with van der Waals surface area (Å²) in [5.41, 5.74) is 1.53. The first-order chi connectivity index (χ1) is 15.6. The Morgan fingerprint density at radius 2 is 1.67 bits per heavy atom. The van der Waals surface area contributed by atoms with E-state index in [2.05, 4.69) is 10.6 Å². The molecule has 4 rings (SSSR count). The van der Waals surface area contributed by atoms with Gasteiger partial charge in [0.2, 0.25) is 11.8 Å². The van der Waals surface area contributed by atoms with Crippen molar-refractivity contribution in [3.8, 4) is 0 Å². The third-order valence-corrected chi connectivity index (χ3v) is 7.27. The number of carbonyl (C=O) groups is 2. The van der Waals surface area contributed by atoms with E-state index in [9.17, 15) is 9.59 Å². The summed E-state index contributed by atoms with van der Waals surface area (Å²) in [5.74, 6) is -1.74. The van der Waals surface area contributed by atoms with Gasteiger partial charge < -0.3 is 15.4 Å². The molecule has 2 aliphatic rings. The molecule has 2 aromatic rings. The van der Waals surface area contributed by atoms with Gasteiger partial charge in [-0.25, -0.2) is 0 Å². The second-order valence-electron chi connectivity index (χ2n) is 7.95. The third kappa shape index (κ3) is 5.88. The van der Waals surface area contributed by atoms with Gasteiger partial charge in [0, 0.05) is 34.7 Å². The van der Waals surface area contributed by atoms with E-state index in [1.807, 2.05) is 4.90 Å². The van der Waals surface area contributed by atoms with E-state index < -0.39 is 16.2 Å². The highest BCUT2D eigenvalue weighted by atomic mass is 35.5. The van der Waals surface area contributed by atoms with Crippen LogP contribution in [0.3, 0.4) is 0 Å². The van der Waals surface area contributed by atoms with Gasteiger partial charge in [0.25, 0.3) is 0 Å². The van der Waals surface area contributed by atoms with E-state index in [1.165, 1.54) is 0 Å². The predicted octanol–water partition coefficient (Wildman–Crippen LogP) is 5.44. The lowest BCUT2D eigenvalue weighted by atomic mass is 10.1. The SMILES string of the molecule is O=C(CN1CCOCC1)Nc1cc(NC(=O)C2C(c3cc(Cl)cc(Cl)c3)C2(Cl)Cl)ccc1Cl. The molecule has 1 aliphatic carbocycles. The van der Waals surface area contributed by atoms with Crippen molar-refractivity contribution in [1.29, 1.82) is 0 Å². The molecule has 0 radical (unpaired) electrons. The number of ether oxygens (including phenoxy) is 1. The average Bonchev–Trinajstić information content (AvgIpc) is 3.32. The van der Waals surface area contributed by atoms with Crippen LogP contribution in [0.4, 0.5) is 11.4 Å². The Morgan fingerprint density at radius 3 is 2.33 bits per heavy atom. The molecule has 0 bridgehead atoms. The Balaban J connectivity index is 1.42. The number of hydrogen-bond donors (Lipinski definition) is 2. The highest BCUT2D eigenvalue weighted by Crippen LogP contribution is 2.65. The van der Waals surface area contributed by atoms with E-state index >= 15 is 0 Å². The lowest BCUT2D eigenvalue weighted by Gasteiger charge is -2.25. The molecule has 2 amide bonds. The van der Waals surface area contributed by atoms with Crippen molar-refractivity contribution < 1.29 is 14.3 Å². The topological polar surface area (TPSA) is 70.7 Å². The summed E-state index contributed by atoms with van der Waals surface area (Å²) in [6.07, 6.45) is 0. The van der Waals surface area contributed by atoms with E-state index in [0.29, 0.717) is 58.3 Å². The third-order valence-electron chi connectivity index (χ3n) is 5.56. The van der Waals surface area contributed by atoms with Gasteiger partial charge in [0.1, 0.15) is 4.33 Å². The quantitative estimate of drug-likeness (QED) is 0.469. The van der Waals surface area contributed by atoms with E-state index in [4.69, 9.17) is 62.7 Å². The van der Waals surface area contributed by atoms with Crippen LogP contribution >= 0.6 is 58.0 Å². The van der Waals surface area contributed by atoms with Crippen molar-refractivity contribution in [2.24, 2.45) is 5.92 Å². The molecule has 1 aliphatic heterocycles. The molecule has 0 aromatic heterocycles. The minimum atomic E-state index is -1.29. The van der Waals surface area contributed by atoms with Gasteiger partial charge in [0.05, 0.1) is 36.4 Å². The number of carbonyl (C=O) groups excluding carboxylic acids is 2. The highest BCUT2D eigenvalue weighted by molar-refractivity contribution is 6.53. The van der Waals surface area contributed by atoms with Gasteiger partial charge in [-0.05, 0) is 42.0 Å². The number of hydrogen-bond acceptors (Lipinski definition) is 4. The van der Waals surface area contributed by atoms with Gasteiger partial charge in [0.15, 0.2) is 0 Å². The lowest BCUT2D eigenvalue weighted by Crippen LogP contribution is -2.41. The van der Waals surface area contributed by atoms with Crippen LogP contribution < -0.4 is 10.6 Å². The summed E-state index contributed by atoms with van der Waals surface area (Å²) in [5, 5.41) is 6.81. The zero-order valence-electron chi connectivity index (χ0n) is 17.2. The molecule has 1 saturated heterocycles. The highest BCUT2D eigenvalue weighted by Gasteiger charge is 2.67. The maximum Gasteiger partial charge on any atom is 0.238 e. The summed E-state index contributed by atoms with van der Waals surface area (Å²) >= 11 is 31.2. The fourth-order valence-corrected chi connectivity index (χ4v) is 5.43. The summed E-state index contributed by atoms with van der Waals surface area (Å²) in [6, 6.07) is 9.80. The first-order valence-electron chi connectivity index (χ1n) is 10.2. The number of nitrogens with zero attached hydrogens (tertiary/aromatic N) is 1. The van der Waals surface area contributed by atoms with Crippen LogP contribution in [0.5, 0.6) is 0 Å². The fourth-order valence-electron chi connectivity index (χ4n) is 3.89. The van der Waals surface area contributed by atoms with Crippen molar-refractivity contribution in [2.45, 2.75) is 10.3 Å². The molecule has 1 heterocycles. The summed E-state index contributed by atoms with van der Waals surface area (Å²) < 4.78 is 4.00. The maximum atomic E-state index is 12.9. The molecule has 6 nitrogen and oxygen atoms in total. The van der Waals surface area contributed by atoms with E-state index in [-0.39, 0.29) is 18.4 Å².